The van der Waals surface area contributed by atoms with Gasteiger partial charge in [-0.05, 0) is 105 Å². The molecule has 2 aliphatic carbocycles. The lowest BCUT2D eigenvalue weighted by Gasteiger charge is -2.49. The molecule has 46 heavy (non-hydrogen) atoms. The number of aliphatic imine (C=N–C) groups is 2. The van der Waals surface area contributed by atoms with Crippen LogP contribution in [0.3, 0.4) is 0 Å². The number of allylic oxidation sites excluding steroid dienone is 3. The van der Waals surface area contributed by atoms with Gasteiger partial charge in [-0.15, -0.1) is 0 Å². The number of amidine groups is 2. The van der Waals surface area contributed by atoms with Gasteiger partial charge in [0.25, 0.3) is 5.95 Å². The summed E-state index contributed by atoms with van der Waals surface area (Å²) < 4.78 is 1.02. The average molecular weight is 643 g/mol. The summed E-state index contributed by atoms with van der Waals surface area (Å²) >= 11 is 1.44. The van der Waals surface area contributed by atoms with E-state index in [4.69, 9.17) is 21.9 Å². The molecule has 244 valence electrons. The molecule has 3 aliphatic rings. The van der Waals surface area contributed by atoms with Crippen molar-refractivity contribution < 1.29 is 10.2 Å². The molecule has 0 saturated heterocycles. The number of para-hydroxylation sites is 1. The van der Waals surface area contributed by atoms with Crippen LogP contribution in [-0.2, 0) is 0 Å². The molecular weight excluding hydrogens is 597 g/mol. The maximum absolute atomic E-state index is 10.3. The van der Waals surface area contributed by atoms with Crippen LogP contribution in [0, 0.1) is 28.6 Å². The van der Waals surface area contributed by atoms with Gasteiger partial charge in [-0.2, -0.15) is 0 Å². The van der Waals surface area contributed by atoms with Crippen molar-refractivity contribution in [3.63, 3.8) is 0 Å². The molecule has 2 fully saturated rings. The summed E-state index contributed by atoms with van der Waals surface area (Å²) in [5.74, 6) is 2.13. The first kappa shape index (κ1) is 33.0. The second-order valence-corrected chi connectivity index (χ2v) is 14.3. The molecule has 10 nitrogen and oxygen atoms in total. The van der Waals surface area contributed by atoms with Gasteiger partial charge in [0.05, 0.1) is 10.2 Å². The van der Waals surface area contributed by atoms with Gasteiger partial charge in [0.15, 0.2) is 0 Å². The maximum Gasteiger partial charge on any atom is 0.299 e. The van der Waals surface area contributed by atoms with E-state index in [1.54, 1.807) is 37.1 Å². The van der Waals surface area contributed by atoms with Crippen molar-refractivity contribution in [2.75, 3.05) is 13.6 Å². The standard InChI is InChI=1S/C35H46N8O2S/c1-20-12-24-13-21(2)16-35(15-20,17-24)19-39-23(4)26(18-36)25-10-11-30(41-31(25)33(44)45)43(5)29(37)14-22(3)32(38)42-34-40-27-8-6-7-9-28(27)46-34/h6-11,14,18,20-21,24,37,41,44-45H,12-13,15-17,19,36H2,1-5H3,(H2,38,40,42)/b22-14-,26-18+,37-29?,39-23?. The van der Waals surface area contributed by atoms with Crippen LogP contribution in [0.1, 0.15) is 59.8 Å². The van der Waals surface area contributed by atoms with E-state index in [1.807, 2.05) is 31.2 Å². The van der Waals surface area contributed by atoms with Gasteiger partial charge in [0.2, 0.25) is 5.13 Å². The van der Waals surface area contributed by atoms with Crippen molar-refractivity contribution in [3.05, 3.63) is 82.9 Å². The quantitative estimate of drug-likeness (QED) is 0.103. The number of fused-ring (bicyclic) bond motifs is 3. The van der Waals surface area contributed by atoms with Gasteiger partial charge in [-0.25, -0.2) is 9.98 Å². The van der Waals surface area contributed by atoms with Gasteiger partial charge >= 0.3 is 0 Å². The summed E-state index contributed by atoms with van der Waals surface area (Å²) in [4.78, 5) is 15.6. The Balaban J connectivity index is 1.33. The summed E-state index contributed by atoms with van der Waals surface area (Å²) in [5, 5.41) is 32.9. The fourth-order valence-corrected chi connectivity index (χ4v) is 8.41. The molecule has 0 radical (unpaired) electrons. The van der Waals surface area contributed by atoms with E-state index in [-0.39, 0.29) is 22.8 Å². The van der Waals surface area contributed by atoms with Crippen LogP contribution < -0.4 is 16.8 Å². The number of aromatic nitrogens is 1. The van der Waals surface area contributed by atoms with E-state index >= 15 is 0 Å². The number of nitrogens with zero attached hydrogens (tertiary/aromatic N) is 4. The molecule has 0 amide bonds. The monoisotopic (exact) mass is 642 g/mol. The third kappa shape index (κ3) is 7.20. The molecule has 2 aromatic rings. The molecule has 2 atom stereocenters. The highest BCUT2D eigenvalue weighted by atomic mass is 32.1. The number of thiazole rings is 1. The fraction of sp³-hybridized carbons (Fsp3) is 0.429. The first-order valence-corrected chi connectivity index (χ1v) is 16.7. The zero-order valence-corrected chi connectivity index (χ0v) is 28.2. The van der Waals surface area contributed by atoms with Gasteiger partial charge in [0.1, 0.15) is 23.2 Å². The minimum Gasteiger partial charge on any atom is -0.480 e. The maximum atomic E-state index is 10.3. The van der Waals surface area contributed by atoms with Crippen LogP contribution in [0.25, 0.3) is 10.2 Å². The molecule has 0 spiro atoms. The van der Waals surface area contributed by atoms with Crippen LogP contribution in [0.4, 0.5) is 5.13 Å². The number of hydrogen-bond acceptors (Lipinski definition) is 9. The Morgan fingerprint density at radius 2 is 1.85 bits per heavy atom. The van der Waals surface area contributed by atoms with Crippen LogP contribution >= 0.6 is 11.3 Å². The summed E-state index contributed by atoms with van der Waals surface area (Å²) in [6.07, 6.45) is 12.8. The molecule has 2 heterocycles. The third-order valence-electron chi connectivity index (χ3n) is 9.39. The van der Waals surface area contributed by atoms with E-state index < -0.39 is 5.95 Å². The lowest BCUT2D eigenvalue weighted by atomic mass is 9.57. The summed E-state index contributed by atoms with van der Waals surface area (Å²) in [5.41, 5.74) is 16.0. The molecule has 1 aromatic carbocycles. The number of nitrogens with two attached hydrogens (primary N) is 2. The third-order valence-corrected chi connectivity index (χ3v) is 10.3. The molecule has 2 saturated carbocycles. The molecule has 1 aromatic heterocycles. The Morgan fingerprint density at radius 3 is 2.50 bits per heavy atom. The predicted molar refractivity (Wildman–Crippen MR) is 189 cm³/mol. The van der Waals surface area contributed by atoms with Gasteiger partial charge in [-0.1, -0.05) is 37.3 Å². The number of dihydropyridines is 1. The van der Waals surface area contributed by atoms with Crippen molar-refractivity contribution in [1.29, 1.82) is 5.41 Å². The topological polar surface area (TPSA) is 169 Å². The van der Waals surface area contributed by atoms with Crippen molar-refractivity contribution in [2.24, 2.45) is 44.6 Å². The van der Waals surface area contributed by atoms with Crippen molar-refractivity contribution in [1.82, 2.24) is 15.2 Å². The molecular formula is C35H46N8O2S. The van der Waals surface area contributed by atoms with E-state index in [1.165, 1.54) is 49.6 Å². The van der Waals surface area contributed by atoms with Crippen molar-refractivity contribution in [3.8, 4) is 0 Å². The number of nitrogens with one attached hydrogen (secondary N) is 2. The lowest BCUT2D eigenvalue weighted by molar-refractivity contribution is 0.0256. The highest BCUT2D eigenvalue weighted by Gasteiger charge is 2.44. The normalized spacial score (nSPS) is 25.9. The molecule has 11 heteroatoms. The highest BCUT2D eigenvalue weighted by molar-refractivity contribution is 7.22. The summed E-state index contributed by atoms with van der Waals surface area (Å²) in [6, 6.07) is 7.78. The van der Waals surface area contributed by atoms with E-state index in [0.29, 0.717) is 39.5 Å². The number of benzene rings is 1. The Kier molecular flexibility index (Phi) is 9.71. The second kappa shape index (κ2) is 13.5. The van der Waals surface area contributed by atoms with Crippen LogP contribution in [0.5, 0.6) is 0 Å². The number of aliphatic hydroxyl groups is 2. The Hall–Kier alpha value is -4.38. The van der Waals surface area contributed by atoms with Crippen LogP contribution in [-0.4, -0.2) is 51.1 Å². The number of likely N-dealkylation sites (N-methyl/N-ethyl adjacent to an activating group) is 1. The fourth-order valence-electron chi connectivity index (χ4n) is 7.56. The molecule has 2 bridgehead atoms. The summed E-state index contributed by atoms with van der Waals surface area (Å²) in [7, 11) is 1.70. The Morgan fingerprint density at radius 1 is 1.15 bits per heavy atom. The molecule has 8 N–H and O–H groups in total. The largest absolute Gasteiger partial charge is 0.480 e. The van der Waals surface area contributed by atoms with Crippen LogP contribution in [0.15, 0.2) is 92.9 Å². The SMILES string of the molecule is CC(=NCC12CC(C)CC(CC(C)C1)C2)/C(=C\N)C1=CC=C(N(C)C(=N)/C=C(C)\C(N)=N\c2nc3ccccc3s2)NC1=C(O)O. The number of aliphatic hydroxyl groups excluding tert-OH is 1. The molecule has 2 unspecified atom stereocenters. The zero-order chi connectivity index (χ0) is 33.2. The Bertz CT molecular complexity index is 1670. The first-order valence-electron chi connectivity index (χ1n) is 15.8. The van der Waals surface area contributed by atoms with Crippen molar-refractivity contribution in [2.45, 2.75) is 59.8 Å². The van der Waals surface area contributed by atoms with E-state index in [9.17, 15) is 10.2 Å². The first-order chi connectivity index (χ1) is 21.9. The highest BCUT2D eigenvalue weighted by Crippen LogP contribution is 2.53. The smallest absolute Gasteiger partial charge is 0.299 e. The average Bonchev–Trinajstić information content (AvgIpc) is 3.41. The summed E-state index contributed by atoms with van der Waals surface area (Å²) in [6.45, 7) is 9.17. The van der Waals surface area contributed by atoms with Gasteiger partial charge in [0, 0.05) is 36.7 Å². The zero-order valence-electron chi connectivity index (χ0n) is 27.3. The van der Waals surface area contributed by atoms with Crippen molar-refractivity contribution >= 4 is 44.1 Å². The minimum atomic E-state index is -0.883. The molecule has 5 rings (SSSR count). The number of rotatable bonds is 8. The lowest BCUT2D eigenvalue weighted by Crippen LogP contribution is -2.41. The van der Waals surface area contributed by atoms with E-state index in [0.717, 1.165) is 28.4 Å². The van der Waals surface area contributed by atoms with Gasteiger partial charge < -0.3 is 31.9 Å². The number of hydrogen-bond donors (Lipinski definition) is 6. The molecule has 1 aliphatic heterocycles. The van der Waals surface area contributed by atoms with Crippen LogP contribution in [0.2, 0.25) is 0 Å². The van der Waals surface area contributed by atoms with E-state index in [2.05, 4.69) is 29.1 Å². The predicted octanol–water partition coefficient (Wildman–Crippen LogP) is 6.95. The Labute approximate surface area is 275 Å². The second-order valence-electron chi connectivity index (χ2n) is 13.3. The minimum absolute atomic E-state index is 0.0804. The van der Waals surface area contributed by atoms with Gasteiger partial charge in [-0.3, -0.25) is 10.4 Å².